The van der Waals surface area contributed by atoms with Crippen LogP contribution in [0.3, 0.4) is 0 Å². The predicted octanol–water partition coefficient (Wildman–Crippen LogP) is 4.21. The largest absolute Gasteiger partial charge is 0.332 e. The van der Waals surface area contributed by atoms with E-state index in [4.69, 9.17) is 0 Å². The SMILES string of the molecule is CCC1c2ccsc2CCN1C(=O)/C=C/c1ccc([N+](=O)[O-])cc1. The standard InChI is InChI=1S/C18H18N2O3S/c1-2-16-15-10-12-24-17(15)9-11-19(16)18(21)8-5-13-3-6-14(7-4-13)20(22)23/h3-8,10,12,16H,2,9,11H2,1H3/b8-5+. The van der Waals surface area contributed by atoms with Crippen LogP contribution in [-0.4, -0.2) is 22.3 Å². The van der Waals surface area contributed by atoms with Crippen LogP contribution in [0.2, 0.25) is 0 Å². The maximum atomic E-state index is 12.6. The summed E-state index contributed by atoms with van der Waals surface area (Å²) in [6.45, 7) is 2.83. The number of carbonyl (C=O) groups is 1. The zero-order chi connectivity index (χ0) is 17.1. The van der Waals surface area contributed by atoms with Crippen molar-refractivity contribution in [3.8, 4) is 0 Å². The van der Waals surface area contributed by atoms with Gasteiger partial charge in [0.05, 0.1) is 11.0 Å². The first-order chi connectivity index (χ1) is 11.6. The maximum Gasteiger partial charge on any atom is 0.269 e. The van der Waals surface area contributed by atoms with E-state index in [-0.39, 0.29) is 17.6 Å². The van der Waals surface area contributed by atoms with Crippen molar-refractivity contribution >= 4 is 29.0 Å². The molecule has 0 N–H and O–H groups in total. The normalized spacial score (nSPS) is 17.0. The highest BCUT2D eigenvalue weighted by atomic mass is 32.1. The zero-order valence-electron chi connectivity index (χ0n) is 13.3. The van der Waals surface area contributed by atoms with Crippen molar-refractivity contribution in [2.45, 2.75) is 25.8 Å². The maximum absolute atomic E-state index is 12.6. The fraction of sp³-hybridized carbons (Fsp3) is 0.278. The van der Waals surface area contributed by atoms with Gasteiger partial charge in [0.1, 0.15) is 0 Å². The molecule has 0 radical (unpaired) electrons. The molecule has 2 heterocycles. The van der Waals surface area contributed by atoms with E-state index in [9.17, 15) is 14.9 Å². The Bertz CT molecular complexity index is 780. The molecule has 1 atom stereocenters. The highest BCUT2D eigenvalue weighted by Gasteiger charge is 2.29. The Morgan fingerprint density at radius 2 is 2.12 bits per heavy atom. The highest BCUT2D eigenvalue weighted by molar-refractivity contribution is 7.10. The monoisotopic (exact) mass is 342 g/mol. The number of nitrogens with zero attached hydrogens (tertiary/aromatic N) is 2. The molecule has 1 aliphatic heterocycles. The third kappa shape index (κ3) is 3.23. The summed E-state index contributed by atoms with van der Waals surface area (Å²) in [4.78, 5) is 26.1. The molecule has 3 rings (SSSR count). The summed E-state index contributed by atoms with van der Waals surface area (Å²) >= 11 is 1.76. The second-order valence-corrected chi connectivity index (χ2v) is 6.69. The third-order valence-electron chi connectivity index (χ3n) is 4.29. The van der Waals surface area contributed by atoms with Crippen LogP contribution in [0.1, 0.15) is 35.4 Å². The number of carbonyl (C=O) groups excluding carboxylic acids is 1. The first-order valence-electron chi connectivity index (χ1n) is 7.89. The molecule has 5 nitrogen and oxygen atoms in total. The molecule has 1 aliphatic rings. The summed E-state index contributed by atoms with van der Waals surface area (Å²) in [5.74, 6) is -0.0166. The van der Waals surface area contributed by atoms with Crippen molar-refractivity contribution in [3.05, 3.63) is 67.9 Å². The molecule has 6 heteroatoms. The van der Waals surface area contributed by atoms with Crippen LogP contribution in [0.25, 0.3) is 6.08 Å². The second kappa shape index (κ2) is 6.97. The van der Waals surface area contributed by atoms with Gasteiger partial charge in [0.2, 0.25) is 5.91 Å². The topological polar surface area (TPSA) is 63.5 Å². The molecule has 24 heavy (non-hydrogen) atoms. The molecule has 0 aliphatic carbocycles. The summed E-state index contributed by atoms with van der Waals surface area (Å²) in [6.07, 6.45) is 5.06. The number of fused-ring (bicyclic) bond motifs is 1. The number of hydrogen-bond donors (Lipinski definition) is 0. The first-order valence-corrected chi connectivity index (χ1v) is 8.77. The van der Waals surface area contributed by atoms with E-state index < -0.39 is 4.92 Å². The summed E-state index contributed by atoms with van der Waals surface area (Å²) in [6, 6.07) is 8.43. The minimum Gasteiger partial charge on any atom is -0.332 e. The van der Waals surface area contributed by atoms with Crippen molar-refractivity contribution in [2.75, 3.05) is 6.54 Å². The molecule has 1 aromatic heterocycles. The van der Waals surface area contributed by atoms with Gasteiger partial charge in [-0.25, -0.2) is 0 Å². The van der Waals surface area contributed by atoms with Crippen LogP contribution >= 0.6 is 11.3 Å². The van der Waals surface area contributed by atoms with Crippen LogP contribution in [0.5, 0.6) is 0 Å². The van der Waals surface area contributed by atoms with Gasteiger partial charge in [-0.3, -0.25) is 14.9 Å². The van der Waals surface area contributed by atoms with Crippen molar-refractivity contribution in [1.82, 2.24) is 4.90 Å². The van der Waals surface area contributed by atoms with Gasteiger partial charge in [-0.05, 0) is 53.6 Å². The molecule has 2 aromatic rings. The lowest BCUT2D eigenvalue weighted by atomic mass is 9.97. The minimum absolute atomic E-state index is 0.0166. The average Bonchev–Trinajstić information content (AvgIpc) is 3.07. The lowest BCUT2D eigenvalue weighted by Crippen LogP contribution is -2.38. The first kappa shape index (κ1) is 16.4. The highest BCUT2D eigenvalue weighted by Crippen LogP contribution is 2.35. The Kier molecular flexibility index (Phi) is 4.76. The molecular weight excluding hydrogens is 324 g/mol. The Morgan fingerprint density at radius 3 is 2.79 bits per heavy atom. The van der Waals surface area contributed by atoms with Gasteiger partial charge in [-0.2, -0.15) is 0 Å². The molecule has 1 unspecified atom stereocenters. The fourth-order valence-electron chi connectivity index (χ4n) is 3.07. The van der Waals surface area contributed by atoms with Gasteiger partial charge in [0.15, 0.2) is 0 Å². The lowest BCUT2D eigenvalue weighted by Gasteiger charge is -2.34. The molecule has 0 bridgehead atoms. The quantitative estimate of drug-likeness (QED) is 0.475. The number of nitro groups is 1. The molecule has 1 amide bonds. The summed E-state index contributed by atoms with van der Waals surface area (Å²) in [7, 11) is 0. The molecule has 0 saturated heterocycles. The Labute approximate surface area is 144 Å². The van der Waals surface area contributed by atoms with Crippen LogP contribution in [0.4, 0.5) is 5.69 Å². The molecule has 0 spiro atoms. The van der Waals surface area contributed by atoms with Crippen molar-refractivity contribution < 1.29 is 9.72 Å². The number of benzene rings is 1. The van der Waals surface area contributed by atoms with E-state index >= 15 is 0 Å². The summed E-state index contributed by atoms with van der Waals surface area (Å²) in [5, 5.41) is 12.8. The van der Waals surface area contributed by atoms with E-state index in [1.54, 1.807) is 35.6 Å². The van der Waals surface area contributed by atoms with Crippen LogP contribution < -0.4 is 0 Å². The van der Waals surface area contributed by atoms with E-state index in [0.29, 0.717) is 0 Å². The minimum atomic E-state index is -0.434. The van der Waals surface area contributed by atoms with E-state index in [1.165, 1.54) is 22.6 Å². The van der Waals surface area contributed by atoms with E-state index in [2.05, 4.69) is 18.4 Å². The Morgan fingerprint density at radius 1 is 1.38 bits per heavy atom. The molecular formula is C18H18N2O3S. The summed E-state index contributed by atoms with van der Waals surface area (Å²) in [5.41, 5.74) is 2.09. The molecule has 0 saturated carbocycles. The number of nitro benzene ring substituents is 1. The fourth-order valence-corrected chi connectivity index (χ4v) is 4.00. The Balaban J connectivity index is 1.73. The molecule has 1 aromatic carbocycles. The number of amides is 1. The average molecular weight is 342 g/mol. The van der Waals surface area contributed by atoms with Crippen LogP contribution in [0.15, 0.2) is 41.8 Å². The number of thiophene rings is 1. The lowest BCUT2D eigenvalue weighted by molar-refractivity contribution is -0.384. The van der Waals surface area contributed by atoms with Gasteiger partial charge < -0.3 is 4.90 Å². The van der Waals surface area contributed by atoms with Crippen LogP contribution in [-0.2, 0) is 11.2 Å². The molecule has 0 fully saturated rings. The second-order valence-electron chi connectivity index (χ2n) is 5.69. The van der Waals surface area contributed by atoms with Crippen molar-refractivity contribution in [2.24, 2.45) is 0 Å². The number of non-ortho nitro benzene ring substituents is 1. The zero-order valence-corrected chi connectivity index (χ0v) is 14.2. The summed E-state index contributed by atoms with van der Waals surface area (Å²) < 4.78 is 0. The van der Waals surface area contributed by atoms with Crippen molar-refractivity contribution in [1.29, 1.82) is 0 Å². The van der Waals surface area contributed by atoms with E-state index in [0.717, 1.165) is 24.9 Å². The van der Waals surface area contributed by atoms with Gasteiger partial charge in [-0.15, -0.1) is 11.3 Å². The van der Waals surface area contributed by atoms with Crippen molar-refractivity contribution in [3.63, 3.8) is 0 Å². The van der Waals surface area contributed by atoms with Gasteiger partial charge in [0.25, 0.3) is 5.69 Å². The van der Waals surface area contributed by atoms with Crippen LogP contribution in [0, 0.1) is 10.1 Å². The smallest absolute Gasteiger partial charge is 0.269 e. The third-order valence-corrected chi connectivity index (χ3v) is 5.28. The van der Waals surface area contributed by atoms with Gasteiger partial charge >= 0.3 is 0 Å². The van der Waals surface area contributed by atoms with Gasteiger partial charge in [-0.1, -0.05) is 6.92 Å². The van der Waals surface area contributed by atoms with Gasteiger partial charge in [0, 0.05) is 29.6 Å². The van der Waals surface area contributed by atoms with E-state index in [1.807, 2.05) is 4.90 Å². The Hall–Kier alpha value is -2.47. The number of hydrogen-bond acceptors (Lipinski definition) is 4. The predicted molar refractivity (Wildman–Crippen MR) is 94.9 cm³/mol. The molecule has 124 valence electrons. The number of rotatable bonds is 4.